The zero-order valence-electron chi connectivity index (χ0n) is 41.2. The van der Waals surface area contributed by atoms with Gasteiger partial charge in [0.15, 0.2) is 0 Å². The number of hydrogen-bond acceptors (Lipinski definition) is 3. The van der Waals surface area contributed by atoms with Crippen molar-refractivity contribution in [3.05, 3.63) is 283 Å². The number of nitrogens with zero attached hydrogens (tertiary/aromatic N) is 3. The van der Waals surface area contributed by atoms with Crippen molar-refractivity contribution in [2.45, 2.75) is 34.6 Å². The third-order valence-corrected chi connectivity index (χ3v) is 12.5. The van der Waals surface area contributed by atoms with Crippen molar-refractivity contribution in [2.75, 3.05) is 0 Å². The van der Waals surface area contributed by atoms with Crippen LogP contribution in [0.15, 0.2) is 237 Å². The van der Waals surface area contributed by atoms with Gasteiger partial charge in [-0.1, -0.05) is 176 Å². The number of pyridine rings is 3. The fraction of sp³-hybridized carbons (Fsp3) is 0.0735. The van der Waals surface area contributed by atoms with Crippen molar-refractivity contribution in [3.63, 3.8) is 0 Å². The van der Waals surface area contributed by atoms with Crippen LogP contribution in [0.2, 0.25) is 0 Å². The minimum absolute atomic E-state index is 0. The second kappa shape index (κ2) is 24.1. The topological polar surface area (TPSA) is 38.7 Å². The molecule has 0 spiro atoms. The SMILES string of the molecule is Cc1ccc(-c2[c-]cc(C)c(-c3ccc(-c4ccccc4)cc3)c2)nc1.Cc1ccc(-c2cc(-c3[c-]cccc3)ncc2C)c(C)c1.[Ir+3].[c-]1ccccc1-c1ccc(-c2ccc(-c3ccccc3)cc2)cn1. The Morgan fingerprint density at radius 2 is 0.778 bits per heavy atom. The maximum atomic E-state index is 4.57. The van der Waals surface area contributed by atoms with Gasteiger partial charge in [-0.15, -0.1) is 101 Å². The number of hydrogen-bond donors (Lipinski definition) is 0. The van der Waals surface area contributed by atoms with Crippen LogP contribution in [0.4, 0.5) is 0 Å². The molecule has 0 aliphatic heterocycles. The third-order valence-electron chi connectivity index (χ3n) is 12.5. The first-order valence-corrected chi connectivity index (χ1v) is 24.0. The Kier molecular flexibility index (Phi) is 16.8. The van der Waals surface area contributed by atoms with E-state index in [2.05, 4.69) is 219 Å². The minimum Gasteiger partial charge on any atom is -0.304 e. The molecule has 11 aromatic rings. The average molecular weight is 1110 g/mol. The van der Waals surface area contributed by atoms with Gasteiger partial charge in [0.05, 0.1) is 0 Å². The van der Waals surface area contributed by atoms with Crippen LogP contribution in [0.3, 0.4) is 0 Å². The van der Waals surface area contributed by atoms with E-state index in [1.54, 1.807) is 0 Å². The second-order valence-electron chi connectivity index (χ2n) is 17.7. The monoisotopic (exact) mass is 1110 g/mol. The summed E-state index contributed by atoms with van der Waals surface area (Å²) in [4.78, 5) is 13.7. The van der Waals surface area contributed by atoms with Gasteiger partial charge in [0.25, 0.3) is 0 Å². The molecular weight excluding hydrogens is 1050 g/mol. The van der Waals surface area contributed by atoms with Gasteiger partial charge in [-0.2, -0.15) is 0 Å². The average Bonchev–Trinajstić information content (AvgIpc) is 3.43. The van der Waals surface area contributed by atoms with Crippen LogP contribution in [0.1, 0.15) is 27.8 Å². The molecule has 0 saturated carbocycles. The molecule has 8 aromatic carbocycles. The van der Waals surface area contributed by atoms with Crippen LogP contribution in [0, 0.1) is 52.8 Å². The molecule has 0 atom stereocenters. The Balaban J connectivity index is 0.000000144. The molecule has 0 amide bonds. The second-order valence-corrected chi connectivity index (χ2v) is 17.7. The van der Waals surface area contributed by atoms with Crippen LogP contribution < -0.4 is 0 Å². The molecule has 4 heteroatoms. The molecule has 3 aromatic heterocycles. The van der Waals surface area contributed by atoms with Crippen molar-refractivity contribution in [2.24, 2.45) is 0 Å². The van der Waals surface area contributed by atoms with Crippen molar-refractivity contribution in [1.82, 2.24) is 15.0 Å². The van der Waals surface area contributed by atoms with E-state index in [-0.39, 0.29) is 20.1 Å². The number of aromatic nitrogens is 3. The van der Waals surface area contributed by atoms with E-state index in [4.69, 9.17) is 0 Å². The molecule has 72 heavy (non-hydrogen) atoms. The summed E-state index contributed by atoms with van der Waals surface area (Å²) in [5, 5.41) is 0. The normalized spacial score (nSPS) is 10.5. The predicted octanol–water partition coefficient (Wildman–Crippen LogP) is 17.5. The summed E-state index contributed by atoms with van der Waals surface area (Å²) in [6, 6.07) is 85.2. The first kappa shape index (κ1) is 50.3. The van der Waals surface area contributed by atoms with Gasteiger partial charge in [-0.05, 0) is 112 Å². The Bertz CT molecular complexity index is 3370. The van der Waals surface area contributed by atoms with Gasteiger partial charge in [0.2, 0.25) is 0 Å². The number of aryl methyl sites for hydroxylation is 5. The molecular formula is C68H54IrN3. The summed E-state index contributed by atoms with van der Waals surface area (Å²) in [7, 11) is 0. The fourth-order valence-corrected chi connectivity index (χ4v) is 8.51. The Morgan fingerprint density at radius 1 is 0.292 bits per heavy atom. The van der Waals surface area contributed by atoms with E-state index in [0.29, 0.717) is 0 Å². The summed E-state index contributed by atoms with van der Waals surface area (Å²) in [6.45, 7) is 10.6. The van der Waals surface area contributed by atoms with Gasteiger partial charge < -0.3 is 15.0 Å². The predicted molar refractivity (Wildman–Crippen MR) is 296 cm³/mol. The Labute approximate surface area is 439 Å². The maximum Gasteiger partial charge on any atom is 3.00 e. The molecule has 11 rings (SSSR count). The third kappa shape index (κ3) is 12.6. The van der Waals surface area contributed by atoms with Gasteiger partial charge in [0.1, 0.15) is 0 Å². The van der Waals surface area contributed by atoms with Gasteiger partial charge in [-0.25, -0.2) is 0 Å². The van der Waals surface area contributed by atoms with Crippen LogP contribution in [-0.2, 0) is 20.1 Å². The van der Waals surface area contributed by atoms with Crippen molar-refractivity contribution in [3.8, 4) is 89.4 Å². The zero-order chi connectivity index (χ0) is 48.9. The molecule has 3 nitrogen and oxygen atoms in total. The first-order valence-electron chi connectivity index (χ1n) is 24.0. The number of rotatable bonds is 8. The van der Waals surface area contributed by atoms with Crippen LogP contribution >= 0.6 is 0 Å². The van der Waals surface area contributed by atoms with Gasteiger partial charge >= 0.3 is 20.1 Å². The molecule has 350 valence electrons. The molecule has 0 N–H and O–H groups in total. The maximum absolute atomic E-state index is 4.57. The van der Waals surface area contributed by atoms with Gasteiger partial charge in [-0.3, -0.25) is 0 Å². The largest absolute Gasteiger partial charge is 3.00 e. The summed E-state index contributed by atoms with van der Waals surface area (Å²) in [5.74, 6) is 0. The van der Waals surface area contributed by atoms with Crippen molar-refractivity contribution < 1.29 is 20.1 Å². The van der Waals surface area contributed by atoms with Crippen molar-refractivity contribution in [1.29, 1.82) is 0 Å². The van der Waals surface area contributed by atoms with E-state index in [1.807, 2.05) is 85.3 Å². The Morgan fingerprint density at radius 3 is 1.32 bits per heavy atom. The van der Waals surface area contributed by atoms with Gasteiger partial charge in [0, 0.05) is 18.6 Å². The van der Waals surface area contributed by atoms with E-state index < -0.39 is 0 Å². The molecule has 3 heterocycles. The molecule has 0 saturated heterocycles. The van der Waals surface area contributed by atoms with Crippen LogP contribution in [0.25, 0.3) is 89.4 Å². The standard InChI is InChI=1S/C25H20N.C23H16N.C20H18N.Ir/c1-18-8-15-25(26-17-18)23-10-9-19(2)24(16-23)22-13-11-21(12-14-22)20-6-4-3-5-7-20;1-3-7-18(8-4-1)19-11-13-20(14-12-19)22-15-16-23(24-17-22)21-9-5-2-6-10-21;1-14-9-10-18(15(2)11-14)19-12-20(21-13-16(19)3)17-7-5-4-6-8-17;/h3-9,11-17H,1-2H3;1-9,11-17H;4-7,9-13H,1-3H3;/q3*-1;+3. The summed E-state index contributed by atoms with van der Waals surface area (Å²) in [6.07, 6.45) is 5.77. The fourth-order valence-electron chi connectivity index (χ4n) is 8.51. The molecule has 0 unspecified atom stereocenters. The van der Waals surface area contributed by atoms with Crippen molar-refractivity contribution >= 4 is 0 Å². The summed E-state index contributed by atoms with van der Waals surface area (Å²) < 4.78 is 0. The van der Waals surface area contributed by atoms with E-state index >= 15 is 0 Å². The van der Waals surface area contributed by atoms with E-state index in [9.17, 15) is 0 Å². The molecule has 0 radical (unpaired) electrons. The molecule has 0 fully saturated rings. The summed E-state index contributed by atoms with van der Waals surface area (Å²) >= 11 is 0. The smallest absolute Gasteiger partial charge is 0.304 e. The molecule has 0 aliphatic carbocycles. The Hall–Kier alpha value is -8.14. The van der Waals surface area contributed by atoms with E-state index in [0.717, 1.165) is 44.9 Å². The minimum atomic E-state index is 0. The first-order chi connectivity index (χ1) is 34.8. The number of benzene rings is 8. The zero-order valence-corrected chi connectivity index (χ0v) is 43.6. The van der Waals surface area contributed by atoms with Crippen LogP contribution in [-0.4, -0.2) is 15.0 Å². The molecule has 0 bridgehead atoms. The van der Waals surface area contributed by atoms with Crippen LogP contribution in [0.5, 0.6) is 0 Å². The summed E-state index contributed by atoms with van der Waals surface area (Å²) in [5.41, 5.74) is 24.3. The quantitative estimate of drug-likeness (QED) is 0.142. The molecule has 0 aliphatic rings. The van der Waals surface area contributed by atoms with E-state index in [1.165, 1.54) is 72.3 Å².